The summed E-state index contributed by atoms with van der Waals surface area (Å²) >= 11 is 3.43. The Morgan fingerprint density at radius 1 is 1.42 bits per heavy atom. The summed E-state index contributed by atoms with van der Waals surface area (Å²) in [4.78, 5) is 0. The Balaban J connectivity index is 3.02. The van der Waals surface area contributed by atoms with Crippen molar-refractivity contribution in [2.45, 2.75) is 18.7 Å². The number of hydrogen-bond acceptors (Lipinski definition) is 1. The summed E-state index contributed by atoms with van der Waals surface area (Å²) in [5, 5.41) is 0.851. The van der Waals surface area contributed by atoms with Gasteiger partial charge in [-0.1, -0.05) is 35.0 Å². The van der Waals surface area contributed by atoms with Crippen molar-refractivity contribution in [1.29, 1.82) is 0 Å². The number of halogens is 1. The van der Waals surface area contributed by atoms with Crippen molar-refractivity contribution in [1.82, 2.24) is 0 Å². The average molecular weight is 229 g/mol. The van der Waals surface area contributed by atoms with Crippen LogP contribution in [0, 0.1) is 0 Å². The topological polar surface area (TPSA) is 9.23 Å². The third-order valence-electron chi connectivity index (χ3n) is 1.90. The van der Waals surface area contributed by atoms with Crippen molar-refractivity contribution >= 4 is 15.9 Å². The van der Waals surface area contributed by atoms with Crippen molar-refractivity contribution in [2.24, 2.45) is 0 Å². The van der Waals surface area contributed by atoms with E-state index in [9.17, 15) is 0 Å². The summed E-state index contributed by atoms with van der Waals surface area (Å²) in [5.74, 6) is 0.962. The molecule has 0 saturated heterocycles. The van der Waals surface area contributed by atoms with Crippen LogP contribution in [-0.4, -0.2) is 7.11 Å². The second kappa shape index (κ2) is 4.51. The number of ether oxygens (including phenoxy) is 1. The molecule has 1 aromatic carbocycles. The summed E-state index contributed by atoms with van der Waals surface area (Å²) in [5.41, 5.74) is 2.57. The lowest BCUT2D eigenvalue weighted by Crippen LogP contribution is -1.91. The van der Waals surface area contributed by atoms with E-state index >= 15 is 0 Å². The lowest BCUT2D eigenvalue weighted by atomic mass is 10.1. The van der Waals surface area contributed by atoms with E-state index in [-0.39, 0.29) is 0 Å². The summed E-state index contributed by atoms with van der Waals surface area (Å²) in [6.45, 7) is 2.15. The number of alkyl halides is 1. The van der Waals surface area contributed by atoms with Crippen molar-refractivity contribution < 1.29 is 4.74 Å². The molecule has 0 saturated carbocycles. The van der Waals surface area contributed by atoms with Gasteiger partial charge in [-0.25, -0.2) is 0 Å². The minimum absolute atomic E-state index is 0.851. The molecule has 0 atom stereocenters. The molecule has 0 N–H and O–H groups in total. The van der Waals surface area contributed by atoms with Gasteiger partial charge in [-0.15, -0.1) is 0 Å². The fourth-order valence-electron chi connectivity index (χ4n) is 1.16. The molecule has 0 bridgehead atoms. The minimum Gasteiger partial charge on any atom is -0.496 e. The van der Waals surface area contributed by atoms with E-state index in [0.717, 1.165) is 17.5 Å². The molecule has 0 aliphatic heterocycles. The number of hydrogen-bond donors (Lipinski definition) is 0. The molecular weight excluding hydrogens is 216 g/mol. The normalized spacial score (nSPS) is 9.92. The molecule has 0 aliphatic rings. The second-order valence-electron chi connectivity index (χ2n) is 2.63. The molecule has 1 aromatic rings. The Morgan fingerprint density at radius 3 is 2.67 bits per heavy atom. The number of aryl methyl sites for hydroxylation is 1. The highest BCUT2D eigenvalue weighted by atomic mass is 79.9. The minimum atomic E-state index is 0.851. The Morgan fingerprint density at radius 2 is 2.17 bits per heavy atom. The summed E-state index contributed by atoms with van der Waals surface area (Å²) in [7, 11) is 1.70. The molecular formula is C10H13BrO. The van der Waals surface area contributed by atoms with Crippen molar-refractivity contribution in [3.05, 3.63) is 29.3 Å². The van der Waals surface area contributed by atoms with Crippen molar-refractivity contribution in [2.75, 3.05) is 7.11 Å². The standard InChI is InChI=1S/C10H13BrO/c1-3-8-4-5-10(12-2)9(6-8)7-11/h4-6H,3,7H2,1-2H3. The second-order valence-corrected chi connectivity index (χ2v) is 3.19. The maximum Gasteiger partial charge on any atom is 0.122 e. The summed E-state index contributed by atoms with van der Waals surface area (Å²) in [6.07, 6.45) is 1.07. The molecule has 0 spiro atoms. The van der Waals surface area contributed by atoms with Gasteiger partial charge in [0.1, 0.15) is 5.75 Å². The van der Waals surface area contributed by atoms with Crippen LogP contribution in [0.4, 0.5) is 0 Å². The van der Waals surface area contributed by atoms with Gasteiger partial charge in [0.2, 0.25) is 0 Å². The predicted octanol–water partition coefficient (Wildman–Crippen LogP) is 3.15. The van der Waals surface area contributed by atoms with Crippen LogP contribution in [0.5, 0.6) is 5.75 Å². The Kier molecular flexibility index (Phi) is 3.60. The third kappa shape index (κ3) is 2.01. The molecule has 0 fully saturated rings. The van der Waals surface area contributed by atoms with E-state index in [1.807, 2.05) is 6.07 Å². The molecule has 2 heteroatoms. The lowest BCUT2D eigenvalue weighted by molar-refractivity contribution is 0.411. The monoisotopic (exact) mass is 228 g/mol. The van der Waals surface area contributed by atoms with Gasteiger partial charge >= 0.3 is 0 Å². The molecule has 0 aromatic heterocycles. The Bertz CT molecular complexity index is 258. The first kappa shape index (κ1) is 9.59. The van der Waals surface area contributed by atoms with E-state index < -0.39 is 0 Å². The zero-order chi connectivity index (χ0) is 8.97. The van der Waals surface area contributed by atoms with Gasteiger partial charge in [0.15, 0.2) is 0 Å². The zero-order valence-corrected chi connectivity index (χ0v) is 9.02. The lowest BCUT2D eigenvalue weighted by Gasteiger charge is -2.07. The molecule has 0 heterocycles. The van der Waals surface area contributed by atoms with Crippen LogP contribution >= 0.6 is 15.9 Å². The maximum absolute atomic E-state index is 5.21. The molecule has 66 valence electrons. The molecule has 0 amide bonds. The van der Waals surface area contributed by atoms with E-state index in [4.69, 9.17) is 4.74 Å². The highest BCUT2D eigenvalue weighted by Gasteiger charge is 2.01. The molecule has 12 heavy (non-hydrogen) atoms. The van der Waals surface area contributed by atoms with E-state index in [0.29, 0.717) is 0 Å². The van der Waals surface area contributed by atoms with Gasteiger partial charge in [-0.05, 0) is 18.1 Å². The van der Waals surface area contributed by atoms with E-state index in [1.165, 1.54) is 11.1 Å². The molecule has 1 nitrogen and oxygen atoms in total. The fraction of sp³-hybridized carbons (Fsp3) is 0.400. The van der Waals surface area contributed by atoms with E-state index in [1.54, 1.807) is 7.11 Å². The first-order valence-electron chi connectivity index (χ1n) is 4.03. The first-order valence-corrected chi connectivity index (χ1v) is 5.15. The smallest absolute Gasteiger partial charge is 0.122 e. The zero-order valence-electron chi connectivity index (χ0n) is 7.43. The van der Waals surface area contributed by atoms with Gasteiger partial charge in [-0.2, -0.15) is 0 Å². The number of rotatable bonds is 3. The summed E-state index contributed by atoms with van der Waals surface area (Å²) < 4.78 is 5.21. The van der Waals surface area contributed by atoms with Gasteiger partial charge in [-0.3, -0.25) is 0 Å². The van der Waals surface area contributed by atoms with Gasteiger partial charge < -0.3 is 4.74 Å². The predicted molar refractivity (Wildman–Crippen MR) is 55.0 cm³/mol. The number of methoxy groups -OCH3 is 1. The highest BCUT2D eigenvalue weighted by molar-refractivity contribution is 9.08. The number of benzene rings is 1. The Hall–Kier alpha value is -0.500. The van der Waals surface area contributed by atoms with Crippen molar-refractivity contribution in [3.8, 4) is 5.75 Å². The SMILES string of the molecule is CCc1ccc(OC)c(CBr)c1. The fourth-order valence-corrected chi connectivity index (χ4v) is 1.59. The van der Waals surface area contributed by atoms with Gasteiger partial charge in [0, 0.05) is 10.9 Å². The maximum atomic E-state index is 5.21. The molecule has 0 aliphatic carbocycles. The van der Waals surface area contributed by atoms with Crippen LogP contribution in [0.1, 0.15) is 18.1 Å². The third-order valence-corrected chi connectivity index (χ3v) is 2.50. The van der Waals surface area contributed by atoms with Crippen LogP contribution in [0.25, 0.3) is 0 Å². The average Bonchev–Trinajstić information content (AvgIpc) is 2.16. The van der Waals surface area contributed by atoms with Gasteiger partial charge in [0.25, 0.3) is 0 Å². The van der Waals surface area contributed by atoms with E-state index in [2.05, 4.69) is 35.0 Å². The highest BCUT2D eigenvalue weighted by Crippen LogP contribution is 2.22. The van der Waals surface area contributed by atoms with Crippen LogP contribution in [0.15, 0.2) is 18.2 Å². The quantitative estimate of drug-likeness (QED) is 0.723. The van der Waals surface area contributed by atoms with Crippen molar-refractivity contribution in [3.63, 3.8) is 0 Å². The molecule has 0 unspecified atom stereocenters. The molecule has 1 rings (SSSR count). The first-order chi connectivity index (χ1) is 5.81. The van der Waals surface area contributed by atoms with Crippen LogP contribution in [0.2, 0.25) is 0 Å². The van der Waals surface area contributed by atoms with Crippen LogP contribution in [0.3, 0.4) is 0 Å². The Labute approximate surface area is 81.9 Å². The van der Waals surface area contributed by atoms with Crippen LogP contribution < -0.4 is 4.74 Å². The summed E-state index contributed by atoms with van der Waals surface area (Å²) in [6, 6.07) is 6.30. The molecule has 0 radical (unpaired) electrons. The van der Waals surface area contributed by atoms with Crippen LogP contribution in [-0.2, 0) is 11.8 Å². The largest absolute Gasteiger partial charge is 0.496 e. The van der Waals surface area contributed by atoms with Gasteiger partial charge in [0.05, 0.1) is 7.11 Å².